The molecule has 8 aromatic rings. The molecule has 0 unspecified atom stereocenters. The van der Waals surface area contributed by atoms with Crippen molar-refractivity contribution in [1.29, 1.82) is 0 Å². The summed E-state index contributed by atoms with van der Waals surface area (Å²) in [5.41, 5.74) is 17.9. The fourth-order valence-electron chi connectivity index (χ4n) is 8.05. The van der Waals surface area contributed by atoms with E-state index in [4.69, 9.17) is 0 Å². The van der Waals surface area contributed by atoms with Gasteiger partial charge in [0.15, 0.2) is 0 Å². The van der Waals surface area contributed by atoms with Crippen molar-refractivity contribution >= 4 is 43.6 Å². The molecule has 2 heteroatoms. The summed E-state index contributed by atoms with van der Waals surface area (Å²) in [6.07, 6.45) is 0. The molecule has 218 valence electrons. The van der Waals surface area contributed by atoms with Crippen LogP contribution in [0.15, 0.2) is 109 Å². The number of rotatable bonds is 2. The first-order valence-electron chi connectivity index (χ1n) is 16.0. The van der Waals surface area contributed by atoms with Crippen LogP contribution in [0.1, 0.15) is 47.2 Å². The third-order valence-corrected chi connectivity index (χ3v) is 10.3. The fraction of sp³-hybridized carbons (Fsp3) is 0.163. The first-order chi connectivity index (χ1) is 21.7. The van der Waals surface area contributed by atoms with Crippen molar-refractivity contribution < 1.29 is 0 Å². The first-order valence-corrected chi connectivity index (χ1v) is 16.0. The van der Waals surface area contributed by atoms with E-state index >= 15 is 0 Å². The maximum atomic E-state index is 2.45. The highest BCUT2D eigenvalue weighted by Crippen LogP contribution is 2.50. The first kappa shape index (κ1) is 26.3. The SMILES string of the molecule is Cc1ccc2c(c1)c1cc(C)ccc1n2-c1ccc2c(c1)C(C)(C)c1cc(-n3c4ccc(C)cc4c4cc(C)ccc43)ccc1-2. The molecular formula is C43H36N2. The van der Waals surface area contributed by atoms with Crippen LogP contribution in [-0.4, -0.2) is 9.13 Å². The highest BCUT2D eigenvalue weighted by Gasteiger charge is 2.36. The summed E-state index contributed by atoms with van der Waals surface area (Å²) in [6, 6.07) is 41.6. The molecule has 1 aliphatic carbocycles. The number of hydrogen-bond acceptors (Lipinski definition) is 0. The molecule has 0 saturated heterocycles. The Labute approximate surface area is 264 Å². The lowest BCUT2D eigenvalue weighted by Gasteiger charge is -2.23. The number of benzene rings is 6. The molecule has 2 nitrogen and oxygen atoms in total. The van der Waals surface area contributed by atoms with E-state index in [-0.39, 0.29) is 5.41 Å². The lowest BCUT2D eigenvalue weighted by atomic mass is 9.82. The van der Waals surface area contributed by atoms with E-state index in [0.29, 0.717) is 0 Å². The second-order valence-electron chi connectivity index (χ2n) is 13.8. The second kappa shape index (κ2) is 8.99. The van der Waals surface area contributed by atoms with Crippen molar-refractivity contribution in [3.63, 3.8) is 0 Å². The number of hydrogen-bond donors (Lipinski definition) is 0. The maximum absolute atomic E-state index is 2.45. The smallest absolute Gasteiger partial charge is 0.0541 e. The molecule has 0 saturated carbocycles. The predicted molar refractivity (Wildman–Crippen MR) is 192 cm³/mol. The molecule has 1 aliphatic rings. The molecule has 0 atom stereocenters. The van der Waals surface area contributed by atoms with Gasteiger partial charge >= 0.3 is 0 Å². The summed E-state index contributed by atoms with van der Waals surface area (Å²) >= 11 is 0. The summed E-state index contributed by atoms with van der Waals surface area (Å²) in [4.78, 5) is 0. The number of fused-ring (bicyclic) bond motifs is 9. The van der Waals surface area contributed by atoms with Gasteiger partial charge in [-0.3, -0.25) is 0 Å². The summed E-state index contributed by atoms with van der Waals surface area (Å²) < 4.78 is 4.91. The fourth-order valence-corrected chi connectivity index (χ4v) is 8.05. The van der Waals surface area contributed by atoms with Crippen molar-refractivity contribution in [2.24, 2.45) is 0 Å². The van der Waals surface area contributed by atoms with E-state index in [9.17, 15) is 0 Å². The van der Waals surface area contributed by atoms with E-state index < -0.39 is 0 Å². The van der Waals surface area contributed by atoms with E-state index in [1.807, 2.05) is 0 Å². The zero-order chi connectivity index (χ0) is 30.8. The minimum atomic E-state index is -0.144. The molecule has 0 radical (unpaired) electrons. The van der Waals surface area contributed by atoms with Crippen LogP contribution in [0, 0.1) is 27.7 Å². The van der Waals surface area contributed by atoms with Gasteiger partial charge in [0, 0.05) is 38.3 Å². The van der Waals surface area contributed by atoms with Crippen molar-refractivity contribution in [1.82, 2.24) is 9.13 Å². The van der Waals surface area contributed by atoms with Gasteiger partial charge < -0.3 is 9.13 Å². The van der Waals surface area contributed by atoms with Gasteiger partial charge in [-0.2, -0.15) is 0 Å². The Hall–Kier alpha value is -5.08. The van der Waals surface area contributed by atoms with Crippen molar-refractivity contribution in [2.45, 2.75) is 47.0 Å². The quantitative estimate of drug-likeness (QED) is 0.192. The van der Waals surface area contributed by atoms with Crippen LogP contribution >= 0.6 is 0 Å². The van der Waals surface area contributed by atoms with Crippen LogP contribution < -0.4 is 0 Å². The van der Waals surface area contributed by atoms with Gasteiger partial charge in [0.25, 0.3) is 0 Å². The van der Waals surface area contributed by atoms with E-state index in [0.717, 1.165) is 0 Å². The van der Waals surface area contributed by atoms with E-state index in [1.54, 1.807) is 0 Å². The maximum Gasteiger partial charge on any atom is 0.0541 e. The van der Waals surface area contributed by atoms with Crippen LogP contribution in [0.5, 0.6) is 0 Å². The summed E-state index contributed by atoms with van der Waals surface area (Å²) in [7, 11) is 0. The van der Waals surface area contributed by atoms with Gasteiger partial charge in [-0.05, 0) is 123 Å². The highest BCUT2D eigenvalue weighted by molar-refractivity contribution is 6.11. The highest BCUT2D eigenvalue weighted by atomic mass is 15.0. The van der Waals surface area contributed by atoms with E-state index in [2.05, 4.69) is 160 Å². The zero-order valence-corrected chi connectivity index (χ0v) is 26.8. The van der Waals surface area contributed by atoms with Gasteiger partial charge in [-0.15, -0.1) is 0 Å². The van der Waals surface area contributed by atoms with Crippen molar-refractivity contribution in [3.8, 4) is 22.5 Å². The van der Waals surface area contributed by atoms with Crippen LogP contribution in [0.4, 0.5) is 0 Å². The molecule has 6 aromatic carbocycles. The van der Waals surface area contributed by atoms with Crippen LogP contribution in [-0.2, 0) is 5.41 Å². The Bertz CT molecular complexity index is 2250. The van der Waals surface area contributed by atoms with Gasteiger partial charge in [0.1, 0.15) is 0 Å². The Kier molecular flexibility index (Phi) is 5.26. The molecule has 0 spiro atoms. The monoisotopic (exact) mass is 580 g/mol. The van der Waals surface area contributed by atoms with E-state index in [1.165, 1.54) is 99.5 Å². The molecule has 2 aromatic heterocycles. The molecular weight excluding hydrogens is 544 g/mol. The van der Waals surface area contributed by atoms with Crippen LogP contribution in [0.25, 0.3) is 66.1 Å². The molecule has 45 heavy (non-hydrogen) atoms. The molecule has 9 rings (SSSR count). The predicted octanol–water partition coefficient (Wildman–Crippen LogP) is 11.4. The molecule has 0 bridgehead atoms. The lowest BCUT2D eigenvalue weighted by molar-refractivity contribution is 0.659. The third kappa shape index (κ3) is 3.63. The Balaban J connectivity index is 1.23. The third-order valence-electron chi connectivity index (χ3n) is 10.3. The standard InChI is InChI=1S/C43H36N2/c1-25-7-15-39-33(19-25)34-20-26(2)8-16-40(34)44(39)29-11-13-31-32-14-12-30(24-38(32)43(5,6)37(31)23-29)45-41-17-9-27(3)21-35(41)36-22-28(4)10-18-42(36)45/h7-24H,1-6H3. The van der Waals surface area contributed by atoms with Gasteiger partial charge in [0.2, 0.25) is 0 Å². The number of aryl methyl sites for hydroxylation is 4. The topological polar surface area (TPSA) is 9.86 Å². The van der Waals surface area contributed by atoms with Crippen molar-refractivity contribution in [3.05, 3.63) is 143 Å². The summed E-state index contributed by atoms with van der Waals surface area (Å²) in [5, 5.41) is 5.27. The Morgan fingerprint density at radius 3 is 1.00 bits per heavy atom. The number of aromatic nitrogens is 2. The molecule has 0 amide bonds. The molecule has 0 N–H and O–H groups in total. The Morgan fingerprint density at radius 1 is 0.378 bits per heavy atom. The number of nitrogens with zero attached hydrogens (tertiary/aromatic N) is 2. The largest absolute Gasteiger partial charge is 0.309 e. The Morgan fingerprint density at radius 2 is 0.689 bits per heavy atom. The van der Waals surface area contributed by atoms with Crippen LogP contribution in [0.3, 0.4) is 0 Å². The van der Waals surface area contributed by atoms with Gasteiger partial charge in [-0.25, -0.2) is 0 Å². The normalized spacial score (nSPS) is 13.7. The van der Waals surface area contributed by atoms with Crippen LogP contribution in [0.2, 0.25) is 0 Å². The minimum absolute atomic E-state index is 0.144. The van der Waals surface area contributed by atoms with Crippen molar-refractivity contribution in [2.75, 3.05) is 0 Å². The zero-order valence-electron chi connectivity index (χ0n) is 26.8. The summed E-state index contributed by atoms with van der Waals surface area (Å²) in [5.74, 6) is 0. The lowest BCUT2D eigenvalue weighted by Crippen LogP contribution is -2.16. The van der Waals surface area contributed by atoms with Gasteiger partial charge in [-0.1, -0.05) is 72.5 Å². The minimum Gasteiger partial charge on any atom is -0.309 e. The second-order valence-corrected chi connectivity index (χ2v) is 13.8. The average molecular weight is 581 g/mol. The molecule has 0 aliphatic heterocycles. The molecule has 0 fully saturated rings. The van der Waals surface area contributed by atoms with Gasteiger partial charge in [0.05, 0.1) is 22.1 Å². The summed E-state index contributed by atoms with van der Waals surface area (Å²) in [6.45, 7) is 13.5. The average Bonchev–Trinajstić information content (AvgIpc) is 3.59. The molecule has 2 heterocycles.